The minimum absolute atomic E-state index is 0.297. The molecule has 7 heteroatoms. The van der Waals surface area contributed by atoms with E-state index in [9.17, 15) is 4.79 Å². The first-order valence-electron chi connectivity index (χ1n) is 8.74. The Bertz CT molecular complexity index is 704. The maximum atomic E-state index is 12.4. The lowest BCUT2D eigenvalue weighted by Gasteiger charge is -2.36. The van der Waals surface area contributed by atoms with Crippen molar-refractivity contribution >= 4 is 33.3 Å². The average Bonchev–Trinajstić information content (AvgIpc) is 3.12. The van der Waals surface area contributed by atoms with Crippen molar-refractivity contribution in [3.8, 4) is 0 Å². The summed E-state index contributed by atoms with van der Waals surface area (Å²) in [4.78, 5) is 27.9. The number of amides is 1. The Morgan fingerprint density at radius 1 is 1.04 bits per heavy atom. The molecule has 0 aliphatic carbocycles. The van der Waals surface area contributed by atoms with Gasteiger partial charge < -0.3 is 9.80 Å². The van der Waals surface area contributed by atoms with Gasteiger partial charge in [-0.1, -0.05) is 0 Å². The highest BCUT2D eigenvalue weighted by molar-refractivity contribution is 7.17. The number of carbonyl (C=O) groups excluding carboxylic acids is 1. The highest BCUT2D eigenvalue weighted by Gasteiger charge is 2.24. The largest absolute Gasteiger partial charge is 0.353 e. The number of nitrogens with zero attached hydrogens (tertiary/aromatic N) is 5. The molecule has 2 aliphatic rings. The Morgan fingerprint density at radius 3 is 2.62 bits per heavy atom. The van der Waals surface area contributed by atoms with Crippen molar-refractivity contribution in [2.75, 3.05) is 50.7 Å². The molecule has 0 N–H and O–H groups in total. The molecule has 6 nitrogen and oxygen atoms in total. The van der Waals surface area contributed by atoms with Crippen LogP contribution in [0.5, 0.6) is 0 Å². The van der Waals surface area contributed by atoms with Crippen LogP contribution in [0.1, 0.15) is 19.3 Å². The maximum absolute atomic E-state index is 12.4. The van der Waals surface area contributed by atoms with E-state index in [1.807, 2.05) is 11.0 Å². The molecule has 2 aromatic rings. The number of fused-ring (bicyclic) bond motifs is 1. The summed E-state index contributed by atoms with van der Waals surface area (Å²) in [7, 11) is 0. The number of rotatable bonds is 3. The molecule has 24 heavy (non-hydrogen) atoms. The number of aromatic nitrogens is 2. The monoisotopic (exact) mass is 345 g/mol. The van der Waals surface area contributed by atoms with Crippen molar-refractivity contribution in [2.24, 2.45) is 0 Å². The van der Waals surface area contributed by atoms with Crippen molar-refractivity contribution < 1.29 is 4.79 Å². The van der Waals surface area contributed by atoms with E-state index < -0.39 is 0 Å². The topological polar surface area (TPSA) is 52.6 Å². The highest BCUT2D eigenvalue weighted by atomic mass is 32.1. The first-order valence-corrected chi connectivity index (χ1v) is 9.62. The molecule has 128 valence electrons. The minimum Gasteiger partial charge on any atom is -0.353 e. The summed E-state index contributed by atoms with van der Waals surface area (Å²) in [5.41, 5.74) is 1.02. The number of likely N-dealkylation sites (tertiary alicyclic amines) is 1. The molecule has 0 spiro atoms. The zero-order valence-corrected chi connectivity index (χ0v) is 14.7. The van der Waals surface area contributed by atoms with Gasteiger partial charge in [-0.3, -0.25) is 9.69 Å². The molecule has 2 saturated heterocycles. The number of piperazine rings is 1. The van der Waals surface area contributed by atoms with Crippen LogP contribution in [0.15, 0.2) is 17.8 Å². The van der Waals surface area contributed by atoms with Gasteiger partial charge in [0.25, 0.3) is 0 Å². The summed E-state index contributed by atoms with van der Waals surface area (Å²) in [5, 5.41) is 2.07. The van der Waals surface area contributed by atoms with Crippen LogP contribution < -0.4 is 4.90 Å². The van der Waals surface area contributed by atoms with E-state index in [1.54, 1.807) is 17.7 Å². The number of anilines is 1. The Labute approximate surface area is 146 Å². The first-order chi connectivity index (χ1) is 11.8. The maximum Gasteiger partial charge on any atom is 0.236 e. The molecule has 0 radical (unpaired) electrons. The molecule has 2 aliphatic heterocycles. The normalized spacial score (nSPS) is 19.8. The van der Waals surface area contributed by atoms with Gasteiger partial charge in [0.2, 0.25) is 5.91 Å². The SMILES string of the molecule is O=C(CN1CCN(c2ncnc3ccsc23)CC1)N1CCCCC1. The van der Waals surface area contributed by atoms with E-state index >= 15 is 0 Å². The second-order valence-corrected chi connectivity index (χ2v) is 7.45. The first kappa shape index (κ1) is 15.8. The van der Waals surface area contributed by atoms with Crippen molar-refractivity contribution in [2.45, 2.75) is 19.3 Å². The van der Waals surface area contributed by atoms with Crippen LogP contribution in [0.25, 0.3) is 10.2 Å². The third-order valence-electron chi connectivity index (χ3n) is 4.96. The van der Waals surface area contributed by atoms with Gasteiger partial charge in [0.1, 0.15) is 12.1 Å². The Hall–Kier alpha value is -1.73. The van der Waals surface area contributed by atoms with Crippen molar-refractivity contribution in [1.82, 2.24) is 19.8 Å². The molecule has 0 unspecified atom stereocenters. The van der Waals surface area contributed by atoms with Gasteiger partial charge in [0.15, 0.2) is 0 Å². The van der Waals surface area contributed by atoms with Crippen molar-refractivity contribution in [1.29, 1.82) is 0 Å². The molecule has 1 amide bonds. The van der Waals surface area contributed by atoms with E-state index in [4.69, 9.17) is 0 Å². The van der Waals surface area contributed by atoms with Crippen LogP contribution in [0, 0.1) is 0 Å². The number of hydrogen-bond donors (Lipinski definition) is 0. The molecule has 0 saturated carbocycles. The zero-order chi connectivity index (χ0) is 16.4. The van der Waals surface area contributed by atoms with Crippen molar-refractivity contribution in [3.05, 3.63) is 17.8 Å². The summed E-state index contributed by atoms with van der Waals surface area (Å²) < 4.78 is 1.16. The smallest absolute Gasteiger partial charge is 0.236 e. The van der Waals surface area contributed by atoms with Crippen LogP contribution in [-0.2, 0) is 4.79 Å². The van der Waals surface area contributed by atoms with Crippen LogP contribution in [-0.4, -0.2) is 71.5 Å². The Kier molecular flexibility index (Phi) is 4.62. The molecular weight excluding hydrogens is 322 g/mol. The second kappa shape index (κ2) is 7.03. The van der Waals surface area contributed by atoms with E-state index in [0.29, 0.717) is 12.5 Å². The lowest BCUT2D eigenvalue weighted by molar-refractivity contribution is -0.133. The molecule has 4 heterocycles. The fraction of sp³-hybridized carbons (Fsp3) is 0.588. The molecule has 0 aromatic carbocycles. The molecule has 2 fully saturated rings. The number of piperidine rings is 1. The summed E-state index contributed by atoms with van der Waals surface area (Å²) >= 11 is 1.70. The van der Waals surface area contributed by atoms with Gasteiger partial charge in [-0.2, -0.15) is 0 Å². The number of hydrogen-bond acceptors (Lipinski definition) is 6. The second-order valence-electron chi connectivity index (χ2n) is 6.54. The average molecular weight is 345 g/mol. The van der Waals surface area contributed by atoms with Crippen LogP contribution in [0.3, 0.4) is 0 Å². The molecule has 0 atom stereocenters. The Morgan fingerprint density at radius 2 is 1.83 bits per heavy atom. The van der Waals surface area contributed by atoms with Gasteiger partial charge in [-0.05, 0) is 30.7 Å². The summed E-state index contributed by atoms with van der Waals surface area (Å²) in [6.45, 7) is 6.10. The van der Waals surface area contributed by atoms with E-state index in [2.05, 4.69) is 25.1 Å². The van der Waals surface area contributed by atoms with Crippen LogP contribution in [0.4, 0.5) is 5.82 Å². The highest BCUT2D eigenvalue weighted by Crippen LogP contribution is 2.28. The van der Waals surface area contributed by atoms with Gasteiger partial charge in [-0.15, -0.1) is 11.3 Å². The number of thiophene rings is 1. The summed E-state index contributed by atoms with van der Waals surface area (Å²) in [5.74, 6) is 1.34. The van der Waals surface area contributed by atoms with E-state index in [-0.39, 0.29) is 0 Å². The molecular formula is C17H23N5OS. The fourth-order valence-electron chi connectivity index (χ4n) is 3.55. The fourth-order valence-corrected chi connectivity index (χ4v) is 4.42. The van der Waals surface area contributed by atoms with E-state index in [1.165, 1.54) is 6.42 Å². The van der Waals surface area contributed by atoms with Gasteiger partial charge in [-0.25, -0.2) is 9.97 Å². The molecule has 2 aromatic heterocycles. The van der Waals surface area contributed by atoms with Crippen LogP contribution in [0.2, 0.25) is 0 Å². The lowest BCUT2D eigenvalue weighted by Crippen LogP contribution is -2.50. The quantitative estimate of drug-likeness (QED) is 0.849. The molecule has 4 rings (SSSR count). The van der Waals surface area contributed by atoms with Crippen molar-refractivity contribution in [3.63, 3.8) is 0 Å². The Balaban J connectivity index is 1.35. The van der Waals surface area contributed by atoms with Gasteiger partial charge in [0.05, 0.1) is 16.8 Å². The van der Waals surface area contributed by atoms with Gasteiger partial charge in [0, 0.05) is 39.3 Å². The summed E-state index contributed by atoms with van der Waals surface area (Å²) in [6.07, 6.45) is 5.23. The summed E-state index contributed by atoms with van der Waals surface area (Å²) in [6, 6.07) is 2.04. The van der Waals surface area contributed by atoms with Gasteiger partial charge >= 0.3 is 0 Å². The molecule has 0 bridgehead atoms. The minimum atomic E-state index is 0.297. The van der Waals surface area contributed by atoms with E-state index in [0.717, 1.165) is 68.1 Å². The van der Waals surface area contributed by atoms with Crippen LogP contribution >= 0.6 is 11.3 Å². The number of carbonyl (C=O) groups is 1. The predicted octanol–water partition coefficient (Wildman–Crippen LogP) is 1.83. The zero-order valence-electron chi connectivity index (χ0n) is 13.9. The third-order valence-corrected chi connectivity index (χ3v) is 5.86. The standard InChI is InChI=1S/C17H23N5OS/c23-15(21-5-2-1-3-6-21)12-20-7-9-22(10-8-20)17-16-14(4-11-24-16)18-13-19-17/h4,11,13H,1-3,5-10,12H2. The predicted molar refractivity (Wildman–Crippen MR) is 96.5 cm³/mol. The third kappa shape index (κ3) is 3.23. The lowest BCUT2D eigenvalue weighted by atomic mass is 10.1.